The molecule has 1 saturated heterocycles. The van der Waals surface area contributed by atoms with Gasteiger partial charge < -0.3 is 20.4 Å². The lowest BCUT2D eigenvalue weighted by molar-refractivity contribution is 0.0633. The van der Waals surface area contributed by atoms with E-state index in [9.17, 15) is 18.7 Å². The number of hydrogen-bond acceptors (Lipinski definition) is 8. The van der Waals surface area contributed by atoms with E-state index in [2.05, 4.69) is 14.1 Å². The maximum absolute atomic E-state index is 12.7. The van der Waals surface area contributed by atoms with Crippen LogP contribution in [0.15, 0.2) is 45.7 Å². The van der Waals surface area contributed by atoms with Crippen LogP contribution in [-0.4, -0.2) is 50.4 Å². The molecule has 1 unspecified atom stereocenters. The zero-order chi connectivity index (χ0) is 21.3. The van der Waals surface area contributed by atoms with Crippen molar-refractivity contribution in [2.24, 2.45) is 16.0 Å². The van der Waals surface area contributed by atoms with Crippen LogP contribution >= 0.6 is 11.0 Å². The highest BCUT2D eigenvalue weighted by atomic mass is 32.3. The van der Waals surface area contributed by atoms with Gasteiger partial charge in [0.2, 0.25) is 5.56 Å². The number of H-pyrrole nitrogens is 1. The van der Waals surface area contributed by atoms with E-state index in [4.69, 9.17) is 10.5 Å². The smallest absolute Gasteiger partial charge is 0.254 e. The topological polar surface area (TPSA) is 153 Å². The molecule has 0 spiro atoms. The normalized spacial score (nSPS) is 21.1. The molecule has 1 amide bonds. The Morgan fingerprint density at radius 3 is 3.00 bits per heavy atom. The number of amides is 1. The summed E-state index contributed by atoms with van der Waals surface area (Å²) in [4.78, 5) is 28.4. The van der Waals surface area contributed by atoms with Gasteiger partial charge in [0.1, 0.15) is 5.75 Å². The van der Waals surface area contributed by atoms with Gasteiger partial charge in [-0.15, -0.1) is 4.40 Å². The van der Waals surface area contributed by atoms with Crippen molar-refractivity contribution in [2.75, 3.05) is 24.4 Å². The van der Waals surface area contributed by atoms with E-state index < -0.39 is 11.0 Å². The van der Waals surface area contributed by atoms with Crippen molar-refractivity contribution in [1.29, 1.82) is 0 Å². The summed E-state index contributed by atoms with van der Waals surface area (Å²) in [6, 6.07) is 8.03. The molecule has 0 radical (unpaired) electrons. The fraction of sp³-hybridized carbons (Fsp3) is 0.316. The Kier molecular flexibility index (Phi) is 5.41. The minimum atomic E-state index is -3.36. The molecule has 6 N–H and O–H groups in total. The number of carbonyl (C=O) groups is 1. The van der Waals surface area contributed by atoms with Crippen LogP contribution in [0.1, 0.15) is 28.8 Å². The number of piperidine rings is 1. The van der Waals surface area contributed by atoms with E-state index in [0.29, 0.717) is 42.3 Å². The third-order valence-corrected chi connectivity index (χ3v) is 6.00. The second-order valence-electron chi connectivity index (χ2n) is 7.29. The van der Waals surface area contributed by atoms with Crippen LogP contribution in [-0.2, 0) is 0 Å². The van der Waals surface area contributed by atoms with Crippen molar-refractivity contribution in [2.45, 2.75) is 12.8 Å². The van der Waals surface area contributed by atoms with Crippen molar-refractivity contribution >= 4 is 28.4 Å². The molecule has 3 heterocycles. The Morgan fingerprint density at radius 1 is 1.37 bits per heavy atom. The number of pyridine rings is 1. The largest absolute Gasteiger partial charge is 0.492 e. The van der Waals surface area contributed by atoms with E-state index in [-0.39, 0.29) is 23.2 Å². The fourth-order valence-electron chi connectivity index (χ4n) is 3.71. The summed E-state index contributed by atoms with van der Waals surface area (Å²) in [5.74, 6) is 0.410. The molecule has 30 heavy (non-hydrogen) atoms. The molecular weight excluding hydrogens is 410 g/mol. The first-order valence-electron chi connectivity index (χ1n) is 9.48. The summed E-state index contributed by atoms with van der Waals surface area (Å²) in [5, 5.41) is 0. The number of benzene rings is 1. The molecule has 0 bridgehead atoms. The first-order chi connectivity index (χ1) is 14.3. The Bertz CT molecular complexity index is 1050. The maximum atomic E-state index is 12.7. The SMILES string of the molecule is NC1=NS(O)(O)Nc2cccc(OCC3CCCN(C(=O)c4cc[nH]c(=O)c4)C3)c21. The molecular formula is C19H23N5O5S. The van der Waals surface area contributed by atoms with E-state index >= 15 is 0 Å². The van der Waals surface area contributed by atoms with Crippen molar-refractivity contribution in [3.8, 4) is 5.75 Å². The number of fused-ring (bicyclic) bond motifs is 1. The average Bonchev–Trinajstić information content (AvgIpc) is 2.70. The molecule has 11 heteroatoms. The Hall–Kier alpha value is -3.02. The molecule has 1 fully saturated rings. The first kappa shape index (κ1) is 20.3. The predicted molar refractivity (Wildman–Crippen MR) is 115 cm³/mol. The van der Waals surface area contributed by atoms with Crippen molar-refractivity contribution < 1.29 is 18.6 Å². The lowest BCUT2D eigenvalue weighted by Crippen LogP contribution is -2.41. The highest BCUT2D eigenvalue weighted by Crippen LogP contribution is 2.46. The molecule has 0 aliphatic carbocycles. The van der Waals surface area contributed by atoms with Crippen LogP contribution in [0.4, 0.5) is 5.69 Å². The van der Waals surface area contributed by atoms with Crippen LogP contribution in [0.2, 0.25) is 0 Å². The van der Waals surface area contributed by atoms with Gasteiger partial charge in [-0.1, -0.05) is 6.07 Å². The second kappa shape index (κ2) is 8.01. The number of nitrogens with two attached hydrogens (primary N) is 1. The number of hydrogen-bond donors (Lipinski definition) is 5. The number of nitrogens with one attached hydrogen (secondary N) is 2. The predicted octanol–water partition coefficient (Wildman–Crippen LogP) is 2.02. The van der Waals surface area contributed by atoms with Gasteiger partial charge in [-0.2, -0.15) is 0 Å². The van der Waals surface area contributed by atoms with Crippen molar-refractivity contribution in [1.82, 2.24) is 9.88 Å². The van der Waals surface area contributed by atoms with Crippen LogP contribution in [0, 0.1) is 5.92 Å². The Labute approximate surface area is 174 Å². The van der Waals surface area contributed by atoms with Gasteiger partial charge in [0.05, 0.1) is 17.9 Å². The number of ether oxygens (including phenoxy) is 1. The van der Waals surface area contributed by atoms with Crippen LogP contribution in [0.25, 0.3) is 0 Å². The minimum absolute atomic E-state index is 0.00546. The quantitative estimate of drug-likeness (QED) is 0.494. The van der Waals surface area contributed by atoms with Gasteiger partial charge >= 0.3 is 0 Å². The number of likely N-dealkylation sites (tertiary alicyclic amines) is 1. The van der Waals surface area contributed by atoms with Gasteiger partial charge in [-0.3, -0.25) is 23.4 Å². The zero-order valence-corrected chi connectivity index (χ0v) is 16.9. The Morgan fingerprint density at radius 2 is 2.20 bits per heavy atom. The second-order valence-corrected chi connectivity index (χ2v) is 8.71. The number of nitrogens with zero attached hydrogens (tertiary/aromatic N) is 2. The number of aromatic nitrogens is 1. The molecule has 10 nitrogen and oxygen atoms in total. The summed E-state index contributed by atoms with van der Waals surface area (Å²) < 4.78 is 31.8. The third kappa shape index (κ3) is 4.27. The molecule has 160 valence electrons. The number of amidine groups is 1. The highest BCUT2D eigenvalue weighted by Gasteiger charge is 2.28. The van der Waals surface area contributed by atoms with E-state index in [0.717, 1.165) is 12.8 Å². The van der Waals surface area contributed by atoms with Gasteiger partial charge in [0.15, 0.2) is 5.84 Å². The standard InChI is InChI=1S/C19H23N5O5S/c20-18-17-14(22-30(27,28)23-18)4-1-5-15(17)29-11-12-3-2-8-24(10-12)19(26)13-6-7-21-16(25)9-13/h1,4-7,9,12,22,27-28H,2-3,8,10-11H2,(H2,20,23)(H,21,25). The first-order valence-corrected chi connectivity index (χ1v) is 11.0. The molecule has 0 saturated carbocycles. The molecule has 2 aliphatic heterocycles. The number of rotatable bonds is 4. The van der Waals surface area contributed by atoms with E-state index in [1.165, 1.54) is 12.3 Å². The van der Waals surface area contributed by atoms with E-state index in [1.807, 2.05) is 0 Å². The van der Waals surface area contributed by atoms with Gasteiger partial charge in [0.25, 0.3) is 5.91 Å². The number of anilines is 1. The third-order valence-electron chi connectivity index (χ3n) is 5.06. The van der Waals surface area contributed by atoms with E-state index in [1.54, 1.807) is 29.2 Å². The summed E-state index contributed by atoms with van der Waals surface area (Å²) in [6.07, 6.45) is 3.20. The van der Waals surface area contributed by atoms with Crippen LogP contribution in [0.5, 0.6) is 5.75 Å². The molecule has 4 rings (SSSR count). The van der Waals surface area contributed by atoms with Gasteiger partial charge in [0, 0.05) is 36.8 Å². The Balaban J connectivity index is 1.44. The highest BCUT2D eigenvalue weighted by molar-refractivity contribution is 8.24. The average molecular weight is 433 g/mol. The molecule has 1 aromatic heterocycles. The minimum Gasteiger partial charge on any atom is -0.492 e. The van der Waals surface area contributed by atoms with Crippen molar-refractivity contribution in [3.63, 3.8) is 0 Å². The van der Waals surface area contributed by atoms with Gasteiger partial charge in [-0.05, 0) is 42.0 Å². The summed E-state index contributed by atoms with van der Waals surface area (Å²) in [5.41, 5.74) is 6.90. The van der Waals surface area contributed by atoms with Gasteiger partial charge in [-0.25, -0.2) is 0 Å². The summed E-state index contributed by atoms with van der Waals surface area (Å²) in [7, 11) is -3.36. The number of carbonyl (C=O) groups excluding carboxylic acids is 1. The monoisotopic (exact) mass is 433 g/mol. The summed E-state index contributed by atoms with van der Waals surface area (Å²) >= 11 is 0. The van der Waals surface area contributed by atoms with Crippen molar-refractivity contribution in [3.05, 3.63) is 58.0 Å². The molecule has 2 aliphatic rings. The molecule has 2 aromatic rings. The van der Waals surface area contributed by atoms with Crippen LogP contribution < -0.4 is 20.8 Å². The maximum Gasteiger partial charge on any atom is 0.254 e. The number of aromatic amines is 1. The molecule has 1 atom stereocenters. The zero-order valence-electron chi connectivity index (χ0n) is 16.1. The summed E-state index contributed by atoms with van der Waals surface area (Å²) in [6.45, 7) is 1.51. The fourth-order valence-corrected chi connectivity index (χ4v) is 4.58. The lowest BCUT2D eigenvalue weighted by Gasteiger charge is -2.34. The van der Waals surface area contributed by atoms with Crippen LogP contribution in [0.3, 0.4) is 0 Å². The lowest BCUT2D eigenvalue weighted by atomic mass is 9.98. The molecule has 1 aromatic carbocycles.